The average molecular weight is 557 g/mol. The minimum absolute atomic E-state index is 1.04. The van der Waals surface area contributed by atoms with Crippen LogP contribution in [0.4, 0.5) is 0 Å². The van der Waals surface area contributed by atoms with Crippen molar-refractivity contribution in [1.82, 2.24) is 0 Å². The van der Waals surface area contributed by atoms with Crippen LogP contribution in [0.2, 0.25) is 0 Å². The van der Waals surface area contributed by atoms with Crippen LogP contribution in [-0.2, 0) is 12.8 Å². The molecule has 0 saturated carbocycles. The number of rotatable bonds is 14. The van der Waals surface area contributed by atoms with Crippen LogP contribution in [-0.4, -0.2) is 0 Å². The van der Waals surface area contributed by atoms with E-state index in [9.17, 15) is 0 Å². The standard InChI is InChI=1S/C40H46.C2H6/c1-3-5-7-9-10-12-14-34-19-27-38(28-20-34)40-31-23-36(24-32-40)16-15-35-21-29-39(30-22-35)37-25-17-33(18-26-37)13-11-8-6-4-2;1-2/h17-32H,3-14H2,1-2H3;1-2H3. The highest BCUT2D eigenvalue weighted by molar-refractivity contribution is 5.66. The quantitative estimate of drug-likeness (QED) is 0.107. The van der Waals surface area contributed by atoms with Gasteiger partial charge in [0, 0.05) is 11.1 Å². The second kappa shape index (κ2) is 19.5. The van der Waals surface area contributed by atoms with Gasteiger partial charge in [0.25, 0.3) is 0 Å². The van der Waals surface area contributed by atoms with Crippen LogP contribution >= 0.6 is 0 Å². The molecule has 220 valence electrons. The summed E-state index contributed by atoms with van der Waals surface area (Å²) in [4.78, 5) is 0. The Balaban J connectivity index is 0.00000237. The molecule has 0 aliphatic carbocycles. The Bertz CT molecular complexity index is 1310. The van der Waals surface area contributed by atoms with Crippen LogP contribution in [0.3, 0.4) is 0 Å². The Morgan fingerprint density at radius 1 is 0.357 bits per heavy atom. The smallest absolute Gasteiger partial charge is 0.0249 e. The average Bonchev–Trinajstić information content (AvgIpc) is 3.06. The second-order valence-electron chi connectivity index (χ2n) is 11.1. The molecule has 0 aliphatic heterocycles. The molecule has 0 bridgehead atoms. The fourth-order valence-corrected chi connectivity index (χ4v) is 5.23. The lowest BCUT2D eigenvalue weighted by molar-refractivity contribution is 0.607. The van der Waals surface area contributed by atoms with Crippen molar-refractivity contribution in [2.75, 3.05) is 0 Å². The predicted molar refractivity (Wildman–Crippen MR) is 186 cm³/mol. The SMILES string of the molecule is CC.CCCCCCCCc1ccc(-c2ccc(C#Cc3ccc(-c4ccc(CCCCCC)cc4)cc3)cc2)cc1. The van der Waals surface area contributed by atoms with Gasteiger partial charge in [-0.05, 0) is 83.3 Å². The molecule has 0 saturated heterocycles. The lowest BCUT2D eigenvalue weighted by atomic mass is 9.99. The highest BCUT2D eigenvalue weighted by atomic mass is 14.1. The van der Waals surface area contributed by atoms with Gasteiger partial charge in [0.2, 0.25) is 0 Å². The molecule has 4 aromatic carbocycles. The van der Waals surface area contributed by atoms with E-state index in [0.29, 0.717) is 0 Å². The van der Waals surface area contributed by atoms with Crippen LogP contribution in [0, 0.1) is 11.8 Å². The maximum absolute atomic E-state index is 3.34. The zero-order valence-corrected chi connectivity index (χ0v) is 26.7. The van der Waals surface area contributed by atoms with Gasteiger partial charge in [-0.3, -0.25) is 0 Å². The molecule has 0 amide bonds. The number of aryl methyl sites for hydroxylation is 2. The first-order valence-electron chi connectivity index (χ1n) is 16.7. The molecule has 0 radical (unpaired) electrons. The predicted octanol–water partition coefficient (Wildman–Crippen LogP) is 12.5. The number of benzene rings is 4. The molecular weight excluding hydrogens is 504 g/mol. The number of hydrogen-bond donors (Lipinski definition) is 0. The second-order valence-corrected chi connectivity index (χ2v) is 11.1. The summed E-state index contributed by atoms with van der Waals surface area (Å²) >= 11 is 0. The molecule has 0 unspecified atom stereocenters. The summed E-state index contributed by atoms with van der Waals surface area (Å²) in [5.74, 6) is 6.67. The van der Waals surface area contributed by atoms with Crippen molar-refractivity contribution in [3.05, 3.63) is 119 Å². The van der Waals surface area contributed by atoms with Crippen LogP contribution in [0.25, 0.3) is 22.3 Å². The summed E-state index contributed by atoms with van der Waals surface area (Å²) in [5, 5.41) is 0. The maximum atomic E-state index is 3.34. The summed E-state index contributed by atoms with van der Waals surface area (Å²) in [6.45, 7) is 8.54. The van der Waals surface area contributed by atoms with Crippen molar-refractivity contribution in [3.63, 3.8) is 0 Å². The van der Waals surface area contributed by atoms with Gasteiger partial charge in [-0.1, -0.05) is 164 Å². The fraction of sp³-hybridized carbons (Fsp3) is 0.381. The van der Waals surface area contributed by atoms with Crippen LogP contribution in [0.5, 0.6) is 0 Å². The van der Waals surface area contributed by atoms with E-state index in [1.165, 1.54) is 110 Å². The molecule has 4 rings (SSSR count). The molecule has 0 aromatic heterocycles. The summed E-state index contributed by atoms with van der Waals surface area (Å²) in [7, 11) is 0. The lowest BCUT2D eigenvalue weighted by Crippen LogP contribution is -1.87. The van der Waals surface area contributed by atoms with E-state index in [1.807, 2.05) is 13.8 Å². The van der Waals surface area contributed by atoms with Crippen molar-refractivity contribution in [2.45, 2.75) is 105 Å². The Morgan fingerprint density at radius 2 is 0.643 bits per heavy atom. The maximum Gasteiger partial charge on any atom is 0.0249 e. The zero-order chi connectivity index (χ0) is 29.8. The topological polar surface area (TPSA) is 0 Å². The molecule has 0 aliphatic rings. The molecule has 42 heavy (non-hydrogen) atoms. The lowest BCUT2D eigenvalue weighted by Gasteiger charge is -2.06. The van der Waals surface area contributed by atoms with Crippen molar-refractivity contribution in [3.8, 4) is 34.1 Å². The normalized spacial score (nSPS) is 10.4. The molecule has 0 spiro atoms. The van der Waals surface area contributed by atoms with E-state index < -0.39 is 0 Å². The summed E-state index contributed by atoms with van der Waals surface area (Å²) in [6.07, 6.45) is 15.7. The Labute approximate surface area is 257 Å². The van der Waals surface area contributed by atoms with E-state index in [1.54, 1.807) is 0 Å². The highest BCUT2D eigenvalue weighted by Gasteiger charge is 2.01. The molecule has 0 atom stereocenters. The number of hydrogen-bond acceptors (Lipinski definition) is 0. The van der Waals surface area contributed by atoms with Crippen LogP contribution in [0.1, 0.15) is 114 Å². The fourth-order valence-electron chi connectivity index (χ4n) is 5.23. The first-order chi connectivity index (χ1) is 20.7. The van der Waals surface area contributed by atoms with E-state index in [4.69, 9.17) is 0 Å². The van der Waals surface area contributed by atoms with Gasteiger partial charge < -0.3 is 0 Å². The van der Waals surface area contributed by atoms with Crippen molar-refractivity contribution >= 4 is 0 Å². The monoisotopic (exact) mass is 556 g/mol. The Hall–Kier alpha value is -3.56. The van der Waals surface area contributed by atoms with E-state index in [0.717, 1.165) is 11.1 Å². The van der Waals surface area contributed by atoms with Crippen molar-refractivity contribution in [1.29, 1.82) is 0 Å². The molecule has 0 heteroatoms. The summed E-state index contributed by atoms with van der Waals surface area (Å²) in [5.41, 5.74) is 9.99. The molecule has 4 aromatic rings. The van der Waals surface area contributed by atoms with Crippen LogP contribution in [0.15, 0.2) is 97.1 Å². The molecule has 0 fully saturated rings. The molecule has 0 N–H and O–H groups in total. The summed E-state index contributed by atoms with van der Waals surface area (Å²) < 4.78 is 0. The Morgan fingerprint density at radius 3 is 1.00 bits per heavy atom. The Kier molecular flexibility index (Phi) is 15.3. The van der Waals surface area contributed by atoms with E-state index >= 15 is 0 Å². The van der Waals surface area contributed by atoms with Gasteiger partial charge in [-0.2, -0.15) is 0 Å². The van der Waals surface area contributed by atoms with E-state index in [2.05, 4.69) is 123 Å². The third kappa shape index (κ3) is 11.4. The van der Waals surface area contributed by atoms with Gasteiger partial charge in [0.05, 0.1) is 0 Å². The third-order valence-corrected chi connectivity index (χ3v) is 7.83. The van der Waals surface area contributed by atoms with Crippen molar-refractivity contribution in [2.24, 2.45) is 0 Å². The first-order valence-corrected chi connectivity index (χ1v) is 16.7. The minimum atomic E-state index is 1.04. The van der Waals surface area contributed by atoms with Gasteiger partial charge >= 0.3 is 0 Å². The molecule has 0 heterocycles. The van der Waals surface area contributed by atoms with E-state index in [-0.39, 0.29) is 0 Å². The minimum Gasteiger partial charge on any atom is -0.0683 e. The van der Waals surface area contributed by atoms with Gasteiger partial charge in [-0.25, -0.2) is 0 Å². The van der Waals surface area contributed by atoms with Crippen molar-refractivity contribution < 1.29 is 0 Å². The van der Waals surface area contributed by atoms with Crippen LogP contribution < -0.4 is 0 Å². The summed E-state index contributed by atoms with van der Waals surface area (Å²) in [6, 6.07) is 35.4. The molecule has 0 nitrogen and oxygen atoms in total. The third-order valence-electron chi connectivity index (χ3n) is 7.83. The zero-order valence-electron chi connectivity index (χ0n) is 26.7. The first kappa shape index (κ1) is 32.9. The number of unbranched alkanes of at least 4 members (excludes halogenated alkanes) is 8. The van der Waals surface area contributed by atoms with Gasteiger partial charge in [-0.15, -0.1) is 0 Å². The largest absolute Gasteiger partial charge is 0.0683 e. The van der Waals surface area contributed by atoms with Gasteiger partial charge in [0.1, 0.15) is 0 Å². The van der Waals surface area contributed by atoms with Gasteiger partial charge in [0.15, 0.2) is 0 Å². The highest BCUT2D eigenvalue weighted by Crippen LogP contribution is 2.23. The molecular formula is C42H52.